The predicted octanol–water partition coefficient (Wildman–Crippen LogP) is 5.18. The molecule has 2 saturated heterocycles. The molecule has 12 nitrogen and oxygen atoms in total. The van der Waals surface area contributed by atoms with Gasteiger partial charge in [-0.05, 0) is 72.0 Å². The lowest BCUT2D eigenvalue weighted by Crippen LogP contribution is -2.56. The van der Waals surface area contributed by atoms with Crippen LogP contribution in [0.2, 0.25) is 0 Å². The maximum atomic E-state index is 13.7. The van der Waals surface area contributed by atoms with Gasteiger partial charge in [0.05, 0.1) is 43.5 Å². The largest absolute Gasteiger partial charge is 0.462 e. The van der Waals surface area contributed by atoms with Crippen LogP contribution in [0.25, 0.3) is 0 Å². The molecule has 2 fully saturated rings. The Morgan fingerprint density at radius 3 is 2.07 bits per heavy atom. The van der Waals surface area contributed by atoms with E-state index >= 15 is 0 Å². The first-order valence-corrected chi connectivity index (χ1v) is 20.2. The van der Waals surface area contributed by atoms with Gasteiger partial charge >= 0.3 is 5.97 Å². The van der Waals surface area contributed by atoms with E-state index in [4.69, 9.17) is 33.2 Å². The van der Waals surface area contributed by atoms with Crippen molar-refractivity contribution >= 4 is 11.8 Å². The number of ether oxygens (including phenoxy) is 7. The molecule has 0 radical (unpaired) electrons. The average molecular weight is 768 g/mol. The second-order valence-corrected chi connectivity index (χ2v) is 16.6. The normalized spacial score (nSPS) is 43.7. The summed E-state index contributed by atoms with van der Waals surface area (Å²) in [5.74, 6) is -1.93. The number of aliphatic hydroxyl groups is 2. The summed E-state index contributed by atoms with van der Waals surface area (Å²) >= 11 is 0. The molecule has 0 aliphatic carbocycles. The Hall–Kier alpha value is -1.74. The van der Waals surface area contributed by atoms with E-state index in [1.54, 1.807) is 26.4 Å². The number of carbonyl (C=O) groups is 2. The SMILES string of the molecule is CC[C@H]1OC(=O)C[C@@H](O)[C@H](C)[C@@H](O[C@@H]2O[C@H](C)[C@@H](C)[C@H](N(C)C)[C@H]2C)C(CCO)C[C@@H](C)C(=O)/C=C/C(C)=C/[C@@H]1CO[C@@H]1O[C@H](C)[C@@H](C)[C@@H](OC)[C@H]1OC. The van der Waals surface area contributed by atoms with Crippen LogP contribution in [0.3, 0.4) is 0 Å². The third-order valence-electron chi connectivity index (χ3n) is 12.4. The maximum absolute atomic E-state index is 13.7. The van der Waals surface area contributed by atoms with Crippen LogP contribution >= 0.6 is 0 Å². The molecular formula is C42H73NO11. The van der Waals surface area contributed by atoms with Crippen molar-refractivity contribution in [3.63, 3.8) is 0 Å². The molecule has 54 heavy (non-hydrogen) atoms. The van der Waals surface area contributed by atoms with E-state index in [2.05, 4.69) is 39.8 Å². The Labute approximate surface area is 325 Å². The van der Waals surface area contributed by atoms with Crippen molar-refractivity contribution in [2.45, 2.75) is 149 Å². The smallest absolute Gasteiger partial charge is 0.308 e. The van der Waals surface area contributed by atoms with Crippen LogP contribution in [-0.2, 0) is 42.7 Å². The number of rotatable bonds is 11. The van der Waals surface area contributed by atoms with E-state index in [-0.39, 0.29) is 73.4 Å². The van der Waals surface area contributed by atoms with E-state index in [1.165, 1.54) is 0 Å². The maximum Gasteiger partial charge on any atom is 0.308 e. The summed E-state index contributed by atoms with van der Waals surface area (Å²) < 4.78 is 43.6. The fourth-order valence-corrected chi connectivity index (χ4v) is 8.81. The molecule has 3 aliphatic heterocycles. The van der Waals surface area contributed by atoms with Gasteiger partial charge in [-0.2, -0.15) is 0 Å². The Morgan fingerprint density at radius 2 is 1.48 bits per heavy atom. The molecule has 0 aromatic heterocycles. The molecular weight excluding hydrogens is 694 g/mol. The standard InChI is InChI=1S/C42H73NO11/c1-14-35-32(22-50-42-40(49-13)39(48-12)26(5)30(9)52-42)19-23(2)15-16-33(45)24(3)20-31(17-18-44)38(27(6)34(46)21-36(47)53-35)54-41-28(7)37(43(10)11)25(4)29(8)51-41/h15-16,19,24-32,34-35,37-42,44,46H,14,17-18,20-22H2,1-13H3/b16-15+,23-19+/t24-,25-,26-,27+,28-,29-,30-,31?,32-,34-,35-,37+,38-,39-,40-,41+,42-/m1/s1. The molecule has 0 aromatic rings. The van der Waals surface area contributed by atoms with Crippen molar-refractivity contribution in [3.05, 3.63) is 23.8 Å². The van der Waals surface area contributed by atoms with Gasteiger partial charge in [0.2, 0.25) is 0 Å². The van der Waals surface area contributed by atoms with Gasteiger partial charge in [-0.1, -0.05) is 59.3 Å². The quantitative estimate of drug-likeness (QED) is 0.268. The Balaban J connectivity index is 1.96. The molecule has 0 saturated carbocycles. The highest BCUT2D eigenvalue weighted by atomic mass is 16.7. The number of methoxy groups -OCH3 is 2. The zero-order chi connectivity index (χ0) is 40.4. The van der Waals surface area contributed by atoms with Gasteiger partial charge in [0.25, 0.3) is 0 Å². The number of aliphatic hydroxyl groups excluding tert-OH is 2. The number of hydrogen-bond acceptors (Lipinski definition) is 12. The summed E-state index contributed by atoms with van der Waals surface area (Å²) in [6, 6.07) is 0.180. The van der Waals surface area contributed by atoms with Gasteiger partial charge in [-0.15, -0.1) is 0 Å². The molecule has 0 aromatic carbocycles. The molecule has 12 heteroatoms. The number of carbonyl (C=O) groups excluding carboxylic acids is 2. The lowest BCUT2D eigenvalue weighted by atomic mass is 9.79. The van der Waals surface area contributed by atoms with Crippen LogP contribution in [0.5, 0.6) is 0 Å². The molecule has 3 heterocycles. The highest BCUT2D eigenvalue weighted by molar-refractivity contribution is 5.91. The Morgan fingerprint density at radius 1 is 0.852 bits per heavy atom. The Bertz CT molecular complexity index is 1230. The van der Waals surface area contributed by atoms with Crippen LogP contribution in [0.1, 0.15) is 88.0 Å². The summed E-state index contributed by atoms with van der Waals surface area (Å²) in [5, 5.41) is 21.9. The van der Waals surface area contributed by atoms with E-state index in [0.717, 1.165) is 5.57 Å². The monoisotopic (exact) mass is 768 g/mol. The zero-order valence-corrected chi connectivity index (χ0v) is 35.3. The number of hydrogen-bond donors (Lipinski definition) is 2. The van der Waals surface area contributed by atoms with E-state index < -0.39 is 60.7 Å². The van der Waals surface area contributed by atoms with E-state index in [9.17, 15) is 19.8 Å². The number of nitrogens with zero attached hydrogens (tertiary/aromatic N) is 1. The molecule has 0 spiro atoms. The first-order valence-electron chi connectivity index (χ1n) is 20.2. The van der Waals surface area contributed by atoms with Crippen LogP contribution < -0.4 is 0 Å². The summed E-state index contributed by atoms with van der Waals surface area (Å²) in [4.78, 5) is 29.5. The molecule has 2 N–H and O–H groups in total. The number of ketones is 1. The summed E-state index contributed by atoms with van der Waals surface area (Å²) in [7, 11) is 7.37. The van der Waals surface area contributed by atoms with Gasteiger partial charge in [0, 0.05) is 56.5 Å². The molecule has 3 aliphatic rings. The minimum Gasteiger partial charge on any atom is -0.462 e. The number of esters is 1. The molecule has 3 rings (SSSR count). The second-order valence-electron chi connectivity index (χ2n) is 16.6. The van der Waals surface area contributed by atoms with Crippen molar-refractivity contribution in [1.29, 1.82) is 0 Å². The van der Waals surface area contributed by atoms with Crippen LogP contribution in [-0.4, -0.2) is 130 Å². The van der Waals surface area contributed by atoms with E-state index in [1.807, 2.05) is 47.6 Å². The fraction of sp³-hybridized carbons (Fsp3) is 0.857. The third-order valence-corrected chi connectivity index (χ3v) is 12.4. The first-order chi connectivity index (χ1) is 25.5. The van der Waals surface area contributed by atoms with Gasteiger partial charge in [0.1, 0.15) is 12.2 Å². The minimum atomic E-state index is -1.13. The lowest BCUT2D eigenvalue weighted by molar-refractivity contribution is -0.292. The fourth-order valence-electron chi connectivity index (χ4n) is 8.81. The third kappa shape index (κ3) is 11.9. The van der Waals surface area contributed by atoms with Crippen molar-refractivity contribution < 1.29 is 53.0 Å². The van der Waals surface area contributed by atoms with Gasteiger partial charge in [0.15, 0.2) is 18.4 Å². The van der Waals surface area contributed by atoms with Crippen molar-refractivity contribution in [3.8, 4) is 0 Å². The van der Waals surface area contributed by atoms with Crippen LogP contribution in [0.4, 0.5) is 0 Å². The summed E-state index contributed by atoms with van der Waals surface area (Å²) in [6.07, 6.45) is 1.73. The molecule has 0 bridgehead atoms. The van der Waals surface area contributed by atoms with Crippen molar-refractivity contribution in [2.75, 3.05) is 41.5 Å². The highest BCUT2D eigenvalue weighted by Crippen LogP contribution is 2.38. The first kappa shape index (κ1) is 46.6. The molecule has 0 amide bonds. The summed E-state index contributed by atoms with van der Waals surface area (Å²) in [5.41, 5.74) is 0.805. The van der Waals surface area contributed by atoms with Crippen LogP contribution in [0, 0.1) is 41.4 Å². The second kappa shape index (κ2) is 21.7. The van der Waals surface area contributed by atoms with Crippen molar-refractivity contribution in [2.24, 2.45) is 41.4 Å². The summed E-state index contributed by atoms with van der Waals surface area (Å²) in [6.45, 7) is 18.0. The molecule has 17 atom stereocenters. The van der Waals surface area contributed by atoms with Crippen LogP contribution in [0.15, 0.2) is 23.8 Å². The van der Waals surface area contributed by atoms with E-state index in [0.29, 0.717) is 19.3 Å². The minimum absolute atomic E-state index is 0.0120. The number of allylic oxidation sites excluding steroid dienone is 3. The lowest BCUT2D eigenvalue weighted by Gasteiger charge is -2.48. The van der Waals surface area contributed by atoms with Gasteiger partial charge < -0.3 is 48.3 Å². The zero-order valence-electron chi connectivity index (χ0n) is 35.3. The van der Waals surface area contributed by atoms with Gasteiger partial charge in [-0.3, -0.25) is 9.59 Å². The predicted molar refractivity (Wildman–Crippen MR) is 206 cm³/mol. The average Bonchev–Trinajstić information content (AvgIpc) is 3.12. The van der Waals surface area contributed by atoms with Crippen molar-refractivity contribution in [1.82, 2.24) is 4.90 Å². The topological polar surface area (TPSA) is 142 Å². The molecule has 312 valence electrons. The number of cyclic esters (lactones) is 1. The molecule has 1 unspecified atom stereocenters. The Kier molecular flexibility index (Phi) is 18.7. The van der Waals surface area contributed by atoms with Gasteiger partial charge in [-0.25, -0.2) is 0 Å². The highest BCUT2D eigenvalue weighted by Gasteiger charge is 2.46.